The van der Waals surface area contributed by atoms with E-state index in [-0.39, 0.29) is 69.6 Å². The van der Waals surface area contributed by atoms with Gasteiger partial charge in [-0.25, -0.2) is 13.2 Å². The molecule has 1 aromatic heterocycles. The molecular weight excluding hydrogens is 1580 g/mol. The Bertz CT molecular complexity index is 4480. The topological polar surface area (TPSA) is 267 Å². The monoisotopic (exact) mass is 1710 g/mol. The number of para-hydroxylation sites is 2. The van der Waals surface area contributed by atoms with Gasteiger partial charge < -0.3 is 52.0 Å². The van der Waals surface area contributed by atoms with Gasteiger partial charge in [0.1, 0.15) is 50.9 Å². The molecule has 6 fully saturated rings. The van der Waals surface area contributed by atoms with Crippen molar-refractivity contribution in [2.45, 2.75) is 317 Å². The first kappa shape index (κ1) is 98.9. The maximum absolute atomic E-state index is 13.3. The number of esters is 5. The molecule has 4 unspecified atom stereocenters. The van der Waals surface area contributed by atoms with Crippen molar-refractivity contribution in [2.24, 2.45) is 44.8 Å². The summed E-state index contributed by atoms with van der Waals surface area (Å²) in [5, 5.41) is 9.52. The van der Waals surface area contributed by atoms with Gasteiger partial charge in [0.05, 0.1) is 55.1 Å². The van der Waals surface area contributed by atoms with Gasteiger partial charge in [0.25, 0.3) is 0 Å². The van der Waals surface area contributed by atoms with Gasteiger partial charge in [0, 0.05) is 12.5 Å². The number of phenols is 1. The van der Waals surface area contributed by atoms with E-state index in [1.165, 1.54) is 96.9 Å². The molecule has 0 amide bonds. The zero-order valence-corrected chi connectivity index (χ0v) is 75.7. The largest absolute Gasteiger partial charge is 0.748 e. The van der Waals surface area contributed by atoms with Crippen LogP contribution in [-0.4, -0.2) is 90.1 Å². The minimum absolute atomic E-state index is 0.00100. The molecule has 19 nitrogen and oxygen atoms in total. The fourth-order valence-corrected chi connectivity index (χ4v) is 18.2. The third-order valence-electron chi connectivity index (χ3n) is 24.9. The Hall–Kier alpha value is -8.19. The van der Waals surface area contributed by atoms with Gasteiger partial charge in [-0.05, 0) is 281 Å². The summed E-state index contributed by atoms with van der Waals surface area (Å²) in [6, 6.07) is 41.6. The number of alkyl halides is 3. The van der Waals surface area contributed by atoms with E-state index >= 15 is 0 Å². The normalized spacial score (nSPS) is 19.6. The number of rotatable bonds is 24. The van der Waals surface area contributed by atoms with E-state index in [1.807, 2.05) is 98.7 Å². The Morgan fingerprint density at radius 1 is 0.600 bits per heavy atom. The van der Waals surface area contributed by atoms with Crippen LogP contribution in [0.3, 0.4) is 0 Å². The smallest absolute Gasteiger partial charge is 0.426 e. The number of halogens is 3. The van der Waals surface area contributed by atoms with Crippen molar-refractivity contribution in [1.29, 1.82) is 0 Å². The van der Waals surface area contributed by atoms with Crippen LogP contribution >= 0.6 is 0 Å². The Morgan fingerprint density at radius 2 is 1.10 bits per heavy atom. The summed E-state index contributed by atoms with van der Waals surface area (Å²) in [6.45, 7) is 36.7. The lowest BCUT2D eigenvalue weighted by atomic mass is 9.48. The Kier molecular flexibility index (Phi) is 35.2. The van der Waals surface area contributed by atoms with Crippen molar-refractivity contribution >= 4 is 50.9 Å². The van der Waals surface area contributed by atoms with Crippen LogP contribution in [0.25, 0.3) is 0 Å². The molecule has 13 rings (SSSR count). The fourth-order valence-electron chi connectivity index (χ4n) is 15.4. The van der Waals surface area contributed by atoms with E-state index in [9.17, 15) is 60.0 Å². The van der Waals surface area contributed by atoms with Crippen LogP contribution in [0.5, 0.6) is 34.5 Å². The molecule has 4 atom stereocenters. The zero-order valence-electron chi connectivity index (χ0n) is 74.1. The second-order valence-electron chi connectivity index (χ2n) is 36.3. The number of aryl methyl sites for hydroxylation is 1. The van der Waals surface area contributed by atoms with Crippen LogP contribution in [0, 0.1) is 65.6 Å². The van der Waals surface area contributed by atoms with Crippen molar-refractivity contribution in [2.75, 3.05) is 12.5 Å². The molecule has 662 valence electrons. The highest BCUT2D eigenvalue weighted by molar-refractivity contribution is 7.97. The van der Waals surface area contributed by atoms with Crippen molar-refractivity contribution in [3.63, 3.8) is 0 Å². The molecule has 0 spiro atoms. The van der Waals surface area contributed by atoms with E-state index in [1.54, 1.807) is 53.7 Å². The molecule has 1 aliphatic heterocycles. The number of phenolic OH excluding ortho intramolecular Hbond substituents is 1. The summed E-state index contributed by atoms with van der Waals surface area (Å²) < 4.78 is 122. The third-order valence-corrected chi connectivity index (χ3v) is 27.9. The number of fused-ring (bicyclic) bond motifs is 2. The lowest BCUT2D eigenvalue weighted by Gasteiger charge is -2.60. The Morgan fingerprint density at radius 3 is 1.61 bits per heavy atom. The average molecular weight is 1710 g/mol. The number of hydrogen-bond acceptors (Lipinski definition) is 19. The lowest BCUT2D eigenvalue weighted by molar-refractivity contribution is -0.239. The van der Waals surface area contributed by atoms with E-state index in [0.717, 1.165) is 53.7 Å². The average Bonchev–Trinajstić information content (AvgIpc) is 0.712. The van der Waals surface area contributed by atoms with E-state index in [4.69, 9.17) is 37.6 Å². The molecule has 24 heteroatoms. The predicted octanol–water partition coefficient (Wildman–Crippen LogP) is 23.1. The number of ether oxygens (including phenoxy) is 8. The Balaban J connectivity index is 0.000000202. The summed E-state index contributed by atoms with van der Waals surface area (Å²) in [5.74, 6) is 1.32. The number of hydrogen-bond donors (Lipinski definition) is 1. The first-order chi connectivity index (χ1) is 56.1. The highest BCUT2D eigenvalue weighted by Gasteiger charge is 2.64. The molecule has 5 aromatic carbocycles. The minimum Gasteiger partial charge on any atom is -0.748 e. The predicted molar refractivity (Wildman–Crippen MR) is 458 cm³/mol. The van der Waals surface area contributed by atoms with Gasteiger partial charge in [0.2, 0.25) is 15.9 Å². The van der Waals surface area contributed by atoms with Gasteiger partial charge in [-0.1, -0.05) is 135 Å². The summed E-state index contributed by atoms with van der Waals surface area (Å²) >= 11 is 0. The van der Waals surface area contributed by atoms with Crippen molar-refractivity contribution in [1.82, 2.24) is 0 Å². The van der Waals surface area contributed by atoms with Crippen LogP contribution in [0.1, 0.15) is 274 Å². The molecule has 6 saturated carbocycles. The molecule has 6 aromatic rings. The van der Waals surface area contributed by atoms with Crippen LogP contribution in [0.2, 0.25) is 0 Å². The van der Waals surface area contributed by atoms with Crippen LogP contribution in [-0.2, 0) is 63.9 Å². The molecule has 4 bridgehead atoms. The van der Waals surface area contributed by atoms with Gasteiger partial charge >= 0.3 is 41.6 Å². The lowest BCUT2D eigenvalue weighted by Crippen LogP contribution is -2.61. The van der Waals surface area contributed by atoms with Crippen LogP contribution in [0.15, 0.2) is 151 Å². The first-order valence-corrected chi connectivity index (χ1v) is 45.5. The van der Waals surface area contributed by atoms with Crippen molar-refractivity contribution in [3.8, 4) is 34.5 Å². The second-order valence-corrected chi connectivity index (χ2v) is 39.7. The molecule has 2 heterocycles. The van der Waals surface area contributed by atoms with Crippen LogP contribution in [0.4, 0.5) is 13.2 Å². The zero-order chi connectivity index (χ0) is 89.0. The molecule has 1 N–H and O–H groups in total. The van der Waals surface area contributed by atoms with Crippen molar-refractivity contribution < 1.29 is 97.5 Å². The second kappa shape index (κ2) is 42.7. The summed E-state index contributed by atoms with van der Waals surface area (Å²) in [6.07, 6.45) is 11.3. The molecular formula is C96H131F3O19S2. The third kappa shape index (κ3) is 27.9. The molecule has 6 aliphatic carbocycles. The molecule has 0 radical (unpaired) electrons. The van der Waals surface area contributed by atoms with E-state index in [0.29, 0.717) is 74.8 Å². The van der Waals surface area contributed by atoms with E-state index in [2.05, 4.69) is 99.2 Å². The summed E-state index contributed by atoms with van der Waals surface area (Å²) in [4.78, 5) is 76.4. The van der Waals surface area contributed by atoms with Gasteiger partial charge in [0.15, 0.2) is 23.2 Å². The van der Waals surface area contributed by atoms with Crippen LogP contribution < -0.4 is 24.6 Å². The van der Waals surface area contributed by atoms with Crippen molar-refractivity contribution in [3.05, 3.63) is 160 Å². The molecule has 7 aliphatic rings. The number of benzene rings is 5. The Labute approximate surface area is 713 Å². The minimum atomic E-state index is -5.27. The van der Waals surface area contributed by atoms with Gasteiger partial charge in [-0.15, -0.1) is 0 Å². The van der Waals surface area contributed by atoms with Gasteiger partial charge in [-0.3, -0.25) is 24.0 Å². The molecule has 120 heavy (non-hydrogen) atoms. The molecule has 0 saturated heterocycles. The maximum atomic E-state index is 13.3. The fraction of sp³-hybridized carbons (Fsp3) is 0.583. The number of carbonyl (C=O) groups is 5. The highest BCUT2D eigenvalue weighted by atomic mass is 32.2. The van der Waals surface area contributed by atoms with Gasteiger partial charge in [-0.2, -0.15) is 13.2 Å². The SMILES string of the molecule is CCC(C)(C)C(=O)OC(C)(C)C1CCCCC1.CCC(C)(C)C(=O)OC12CC3CC(C1)CC(C(=O)OC(CS(=O)(=O)[O-])C(F)(F)F)(C3)C2.CCC(C)(C)C(=O)Oc1cc(C)oc(=O)c1.CCC(C)(C)C(=O)Oc1ccc(O)c(C)c1C.CCC(C)c1ccc(OCOC2CCCCC2)cc1.c1ccc([S+]2c3ccccc3Oc3ccccc32)cc1. The highest BCUT2D eigenvalue weighted by Crippen LogP contribution is 2.64. The first-order valence-electron chi connectivity index (χ1n) is 42.7. The quantitative estimate of drug-likeness (QED) is 0.0147. The maximum Gasteiger partial charge on any atom is 0.426 e. The van der Waals surface area contributed by atoms with E-state index < -0.39 is 73.0 Å². The number of carbonyl (C=O) groups excluding carboxylic acids is 5. The number of aromatic hydroxyl groups is 1. The summed E-state index contributed by atoms with van der Waals surface area (Å²) in [7, 11) is -5.35. The summed E-state index contributed by atoms with van der Waals surface area (Å²) in [5.41, 5.74) is -2.25. The standard InChI is InChI=1S/C20H29F3O7S.C18H13OS.C17H26O2.C15H28O2.C14H20O3.C12H16O4/c1-4-17(2,3)15(24)30-19-8-12-5-13(9-19)7-18(6-12,11-19)16(25)29-14(20(21,22)23)10-31(26,27)28;1-2-8-14(9-3-1)20-17-12-6-4-10-15(17)19-16-11-5-7-13-18(16)20;1-3-14(2)15-9-11-17(12-10-15)19-13-18-16-7-5-4-6-8-16;1-6-14(2,3)13(16)17-15(4,5)12-10-8-7-9-11-12;1-6-14(4,5)13(16)17-12-8-7-11(15)9(2)10(12)3;1-5-12(3,4)11(14)16-9-6-8(2)15-10(13)7-9/h12-14H,4-11H2,1-3H3,(H,26,27,28);1-13H;9-12,14,16H,3-8,13H2,1-2H3;12H,6-11H2,1-5H3;7-8,15H,6H2,1-5H3;6-7H,5H2,1-4H3/q;+1;;;;/p-1.